The van der Waals surface area contributed by atoms with Crippen molar-refractivity contribution in [2.24, 2.45) is 5.92 Å². The number of piperidine rings is 1. The highest BCUT2D eigenvalue weighted by Gasteiger charge is 2.29. The number of likely N-dealkylation sites (tertiary alicyclic amines) is 1. The Balaban J connectivity index is 1.40. The molecule has 1 aromatic heterocycles. The summed E-state index contributed by atoms with van der Waals surface area (Å²) >= 11 is 6.49. The summed E-state index contributed by atoms with van der Waals surface area (Å²) in [5.74, 6) is 0.774. The van der Waals surface area contributed by atoms with Crippen LogP contribution in [0.3, 0.4) is 0 Å². The second kappa shape index (κ2) is 9.55. The molecule has 0 bridgehead atoms. The summed E-state index contributed by atoms with van der Waals surface area (Å²) in [5.41, 5.74) is 1.10. The molecule has 2 saturated heterocycles. The van der Waals surface area contributed by atoms with Gasteiger partial charge in [0.05, 0.1) is 12.0 Å². The van der Waals surface area contributed by atoms with Crippen molar-refractivity contribution in [3.05, 3.63) is 53.3 Å². The Morgan fingerprint density at radius 2 is 1.86 bits per heavy atom. The van der Waals surface area contributed by atoms with Crippen LogP contribution in [0.4, 0.5) is 5.95 Å². The zero-order valence-electron chi connectivity index (χ0n) is 16.6. The largest absolute Gasteiger partial charge is 0.354 e. The minimum atomic E-state index is -0.0435. The van der Waals surface area contributed by atoms with Gasteiger partial charge in [-0.3, -0.25) is 9.69 Å². The molecule has 1 aromatic carbocycles. The number of halogens is 1. The van der Waals surface area contributed by atoms with Crippen molar-refractivity contribution in [3.63, 3.8) is 0 Å². The molecule has 0 aliphatic carbocycles. The van der Waals surface area contributed by atoms with Crippen LogP contribution in [-0.4, -0.2) is 53.5 Å². The Labute approximate surface area is 177 Å². The number of rotatable bonds is 6. The van der Waals surface area contributed by atoms with E-state index in [9.17, 15) is 4.79 Å². The van der Waals surface area contributed by atoms with E-state index in [1.165, 1.54) is 12.8 Å². The lowest BCUT2D eigenvalue weighted by molar-refractivity contribution is -0.125. The highest BCUT2D eigenvalue weighted by molar-refractivity contribution is 6.31. The average Bonchev–Trinajstić information content (AvgIpc) is 3.30. The monoisotopic (exact) mass is 413 g/mol. The van der Waals surface area contributed by atoms with Crippen LogP contribution in [-0.2, 0) is 4.79 Å². The van der Waals surface area contributed by atoms with Gasteiger partial charge in [0, 0.05) is 37.1 Å². The fraction of sp³-hybridized carbons (Fsp3) is 0.500. The smallest absolute Gasteiger partial charge is 0.225 e. The van der Waals surface area contributed by atoms with Crippen LogP contribution in [0.2, 0.25) is 5.02 Å². The van der Waals surface area contributed by atoms with E-state index in [2.05, 4.69) is 31.2 Å². The van der Waals surface area contributed by atoms with E-state index < -0.39 is 0 Å². The molecule has 3 heterocycles. The quantitative estimate of drug-likeness (QED) is 0.787. The number of carbonyl (C=O) groups is 1. The van der Waals surface area contributed by atoms with Crippen molar-refractivity contribution in [2.45, 2.75) is 31.7 Å². The number of anilines is 1. The molecule has 4 rings (SSSR count). The number of nitrogens with zero attached hydrogens (tertiary/aromatic N) is 4. The molecule has 154 valence electrons. The molecule has 2 atom stereocenters. The van der Waals surface area contributed by atoms with Gasteiger partial charge < -0.3 is 10.2 Å². The molecule has 0 saturated carbocycles. The van der Waals surface area contributed by atoms with E-state index in [0.29, 0.717) is 19.0 Å². The first-order valence-corrected chi connectivity index (χ1v) is 10.9. The highest BCUT2D eigenvalue weighted by atomic mass is 35.5. The van der Waals surface area contributed by atoms with Gasteiger partial charge in [-0.2, -0.15) is 0 Å². The Morgan fingerprint density at radius 3 is 2.62 bits per heavy atom. The fourth-order valence-corrected chi connectivity index (χ4v) is 4.66. The maximum absolute atomic E-state index is 13.0. The van der Waals surface area contributed by atoms with Gasteiger partial charge in [-0.05, 0) is 56.5 Å². The zero-order chi connectivity index (χ0) is 20.1. The van der Waals surface area contributed by atoms with Gasteiger partial charge in [0.1, 0.15) is 0 Å². The van der Waals surface area contributed by atoms with E-state index in [1.807, 2.05) is 24.3 Å². The van der Waals surface area contributed by atoms with Crippen molar-refractivity contribution < 1.29 is 4.79 Å². The van der Waals surface area contributed by atoms with E-state index in [4.69, 9.17) is 11.6 Å². The van der Waals surface area contributed by atoms with E-state index >= 15 is 0 Å². The maximum atomic E-state index is 13.0. The second-order valence-electron chi connectivity index (χ2n) is 7.86. The Hall–Kier alpha value is -2.18. The van der Waals surface area contributed by atoms with Gasteiger partial charge in [-0.15, -0.1) is 0 Å². The van der Waals surface area contributed by atoms with Gasteiger partial charge in [0.2, 0.25) is 11.9 Å². The van der Waals surface area contributed by atoms with Gasteiger partial charge in [0.15, 0.2) is 0 Å². The molecule has 0 radical (unpaired) electrons. The predicted octanol–water partition coefficient (Wildman–Crippen LogP) is 3.30. The van der Waals surface area contributed by atoms with Crippen LogP contribution in [0.15, 0.2) is 42.7 Å². The van der Waals surface area contributed by atoms with E-state index in [1.54, 1.807) is 12.4 Å². The number of benzene rings is 1. The van der Waals surface area contributed by atoms with Crippen LogP contribution in [0.5, 0.6) is 0 Å². The maximum Gasteiger partial charge on any atom is 0.225 e. The Kier molecular flexibility index (Phi) is 6.62. The molecule has 0 unspecified atom stereocenters. The molecule has 6 nitrogen and oxygen atoms in total. The molecule has 1 amide bonds. The molecule has 2 aliphatic rings. The molecule has 29 heavy (non-hydrogen) atoms. The fourth-order valence-electron chi connectivity index (χ4n) is 4.40. The first-order valence-electron chi connectivity index (χ1n) is 10.5. The van der Waals surface area contributed by atoms with Gasteiger partial charge in [-0.25, -0.2) is 9.97 Å². The SMILES string of the molecule is O=C(NC[C@H](c1ccccc1Cl)N1CCCC1)[C@H]1CCCN(c2ncccn2)C1. The molecule has 2 fully saturated rings. The summed E-state index contributed by atoms with van der Waals surface area (Å²) in [6.45, 7) is 4.24. The lowest BCUT2D eigenvalue weighted by atomic mass is 9.97. The molecule has 0 spiro atoms. The number of carbonyl (C=O) groups excluding carboxylic acids is 1. The second-order valence-corrected chi connectivity index (χ2v) is 8.27. The van der Waals surface area contributed by atoms with Crippen molar-refractivity contribution in [1.29, 1.82) is 0 Å². The summed E-state index contributed by atoms with van der Waals surface area (Å²) in [4.78, 5) is 26.2. The minimum Gasteiger partial charge on any atom is -0.354 e. The third-order valence-electron chi connectivity index (χ3n) is 5.94. The Morgan fingerprint density at radius 1 is 1.10 bits per heavy atom. The zero-order valence-corrected chi connectivity index (χ0v) is 17.4. The lowest BCUT2D eigenvalue weighted by Gasteiger charge is -2.33. The average molecular weight is 414 g/mol. The van der Waals surface area contributed by atoms with Crippen LogP contribution in [0, 0.1) is 5.92 Å². The van der Waals surface area contributed by atoms with E-state index in [-0.39, 0.29) is 17.9 Å². The number of hydrogen-bond donors (Lipinski definition) is 1. The molecule has 7 heteroatoms. The number of aromatic nitrogens is 2. The number of amides is 1. The lowest BCUT2D eigenvalue weighted by Crippen LogP contribution is -2.45. The minimum absolute atomic E-state index is 0.0435. The summed E-state index contributed by atoms with van der Waals surface area (Å²) in [5, 5.41) is 3.99. The molecule has 1 N–H and O–H groups in total. The van der Waals surface area contributed by atoms with Gasteiger partial charge in [-0.1, -0.05) is 29.8 Å². The van der Waals surface area contributed by atoms with Crippen LogP contribution in [0.1, 0.15) is 37.3 Å². The first-order chi connectivity index (χ1) is 14.2. The summed E-state index contributed by atoms with van der Waals surface area (Å²) in [7, 11) is 0. The molecule has 2 aliphatic heterocycles. The number of nitrogens with one attached hydrogen (secondary N) is 1. The van der Waals surface area contributed by atoms with Crippen LogP contribution < -0.4 is 10.2 Å². The third kappa shape index (κ3) is 4.87. The predicted molar refractivity (Wildman–Crippen MR) is 115 cm³/mol. The standard InChI is InChI=1S/C22H28ClN5O/c23-19-9-2-1-8-18(19)20(27-12-3-4-13-27)15-26-21(29)17-7-5-14-28(16-17)22-24-10-6-11-25-22/h1-2,6,8-11,17,20H,3-5,7,12-16H2,(H,26,29)/t17-,20+/m0/s1. The number of hydrogen-bond acceptors (Lipinski definition) is 5. The highest BCUT2D eigenvalue weighted by Crippen LogP contribution is 2.30. The Bertz CT molecular complexity index is 812. The third-order valence-corrected chi connectivity index (χ3v) is 6.29. The topological polar surface area (TPSA) is 61.4 Å². The summed E-state index contributed by atoms with van der Waals surface area (Å²) < 4.78 is 0. The summed E-state index contributed by atoms with van der Waals surface area (Å²) in [6, 6.07) is 9.91. The van der Waals surface area contributed by atoms with Crippen molar-refractivity contribution in [2.75, 3.05) is 37.6 Å². The summed E-state index contributed by atoms with van der Waals surface area (Å²) in [6.07, 6.45) is 7.76. The van der Waals surface area contributed by atoms with Crippen LogP contribution in [0.25, 0.3) is 0 Å². The van der Waals surface area contributed by atoms with E-state index in [0.717, 1.165) is 43.1 Å². The normalized spacial score (nSPS) is 21.1. The molecular formula is C22H28ClN5O. The van der Waals surface area contributed by atoms with Crippen molar-refractivity contribution in [3.8, 4) is 0 Å². The van der Waals surface area contributed by atoms with Crippen molar-refractivity contribution >= 4 is 23.5 Å². The van der Waals surface area contributed by atoms with Crippen molar-refractivity contribution in [1.82, 2.24) is 20.2 Å². The first kappa shape index (κ1) is 20.1. The molecular weight excluding hydrogens is 386 g/mol. The molecule has 2 aromatic rings. The van der Waals surface area contributed by atoms with Gasteiger partial charge in [0.25, 0.3) is 0 Å². The van der Waals surface area contributed by atoms with Crippen LogP contribution >= 0.6 is 11.6 Å². The van der Waals surface area contributed by atoms with Gasteiger partial charge >= 0.3 is 0 Å².